The zero-order valence-corrected chi connectivity index (χ0v) is 10.8. The maximum atomic E-state index is 11.7. The summed E-state index contributed by atoms with van der Waals surface area (Å²) in [7, 11) is 1.43. The quantitative estimate of drug-likeness (QED) is 0.768. The standard InChI is InChI=1S/C14H21NO2/c1-4-11(2)15-13(14(16)17-3)10-12-8-6-5-7-9-12/h5-9,11,13,15H,4,10H2,1-3H3. The molecular weight excluding hydrogens is 214 g/mol. The number of esters is 1. The number of ether oxygens (including phenoxy) is 1. The lowest BCUT2D eigenvalue weighted by Gasteiger charge is -2.20. The highest BCUT2D eigenvalue weighted by Crippen LogP contribution is 2.06. The Morgan fingerprint density at radius 2 is 2.00 bits per heavy atom. The Bertz CT molecular complexity index is 337. The number of hydrogen-bond donors (Lipinski definition) is 1. The Balaban J connectivity index is 2.67. The normalized spacial score (nSPS) is 14.1. The van der Waals surface area contributed by atoms with Gasteiger partial charge in [0.2, 0.25) is 0 Å². The number of benzene rings is 1. The van der Waals surface area contributed by atoms with Gasteiger partial charge in [-0.25, -0.2) is 0 Å². The average Bonchev–Trinajstić information content (AvgIpc) is 2.38. The van der Waals surface area contributed by atoms with Gasteiger partial charge in [0.25, 0.3) is 0 Å². The monoisotopic (exact) mass is 235 g/mol. The van der Waals surface area contributed by atoms with Crippen molar-refractivity contribution >= 4 is 5.97 Å². The lowest BCUT2D eigenvalue weighted by molar-refractivity contribution is -0.143. The van der Waals surface area contributed by atoms with Crippen molar-refractivity contribution in [1.82, 2.24) is 5.32 Å². The van der Waals surface area contributed by atoms with Crippen LogP contribution in [0.2, 0.25) is 0 Å². The first-order valence-corrected chi connectivity index (χ1v) is 6.05. The van der Waals surface area contributed by atoms with Crippen molar-refractivity contribution in [3.8, 4) is 0 Å². The first-order valence-electron chi connectivity index (χ1n) is 6.05. The van der Waals surface area contributed by atoms with E-state index in [0.29, 0.717) is 12.5 Å². The molecule has 0 aliphatic heterocycles. The molecule has 1 rings (SSSR count). The first-order chi connectivity index (χ1) is 8.17. The van der Waals surface area contributed by atoms with E-state index >= 15 is 0 Å². The average molecular weight is 235 g/mol. The second-order valence-corrected chi connectivity index (χ2v) is 4.24. The van der Waals surface area contributed by atoms with E-state index in [9.17, 15) is 4.79 Å². The SMILES string of the molecule is CCC(C)NC(Cc1ccccc1)C(=O)OC. The molecule has 0 aliphatic carbocycles. The molecule has 2 atom stereocenters. The zero-order chi connectivity index (χ0) is 12.7. The van der Waals surface area contributed by atoms with E-state index in [1.54, 1.807) is 0 Å². The third kappa shape index (κ3) is 4.57. The van der Waals surface area contributed by atoms with E-state index < -0.39 is 0 Å². The maximum absolute atomic E-state index is 11.7. The lowest BCUT2D eigenvalue weighted by Crippen LogP contribution is -2.43. The highest BCUT2D eigenvalue weighted by atomic mass is 16.5. The third-order valence-electron chi connectivity index (χ3n) is 2.87. The topological polar surface area (TPSA) is 38.3 Å². The van der Waals surface area contributed by atoms with Crippen LogP contribution in [0.1, 0.15) is 25.8 Å². The fourth-order valence-electron chi connectivity index (χ4n) is 1.66. The molecule has 0 amide bonds. The molecule has 0 spiro atoms. The van der Waals surface area contributed by atoms with Crippen molar-refractivity contribution in [3.63, 3.8) is 0 Å². The Kier molecular flexibility index (Phi) is 5.70. The Morgan fingerprint density at radius 1 is 1.35 bits per heavy atom. The van der Waals surface area contributed by atoms with Gasteiger partial charge in [-0.05, 0) is 25.3 Å². The number of hydrogen-bond acceptors (Lipinski definition) is 3. The number of nitrogens with one attached hydrogen (secondary N) is 1. The zero-order valence-electron chi connectivity index (χ0n) is 10.8. The smallest absolute Gasteiger partial charge is 0.323 e. The Hall–Kier alpha value is -1.35. The fourth-order valence-corrected chi connectivity index (χ4v) is 1.66. The molecule has 0 fully saturated rings. The van der Waals surface area contributed by atoms with Crippen molar-refractivity contribution in [2.75, 3.05) is 7.11 Å². The van der Waals surface area contributed by atoms with E-state index in [-0.39, 0.29) is 12.0 Å². The molecule has 17 heavy (non-hydrogen) atoms. The number of methoxy groups -OCH3 is 1. The van der Waals surface area contributed by atoms with Crippen LogP contribution in [0.3, 0.4) is 0 Å². The summed E-state index contributed by atoms with van der Waals surface area (Å²) in [6.07, 6.45) is 1.65. The summed E-state index contributed by atoms with van der Waals surface area (Å²) in [5.74, 6) is -0.200. The van der Waals surface area contributed by atoms with Crippen molar-refractivity contribution in [2.24, 2.45) is 0 Å². The second kappa shape index (κ2) is 7.07. The van der Waals surface area contributed by atoms with Crippen LogP contribution in [0, 0.1) is 0 Å². The summed E-state index contributed by atoms with van der Waals surface area (Å²) < 4.78 is 4.83. The van der Waals surface area contributed by atoms with Crippen LogP contribution >= 0.6 is 0 Å². The molecular formula is C14H21NO2. The van der Waals surface area contributed by atoms with E-state index in [1.807, 2.05) is 30.3 Å². The maximum Gasteiger partial charge on any atom is 0.323 e. The van der Waals surface area contributed by atoms with Crippen LogP contribution in [0.25, 0.3) is 0 Å². The molecule has 2 unspecified atom stereocenters. The summed E-state index contributed by atoms with van der Waals surface area (Å²) >= 11 is 0. The predicted molar refractivity (Wildman–Crippen MR) is 68.8 cm³/mol. The van der Waals surface area contributed by atoms with Gasteiger partial charge in [0.1, 0.15) is 6.04 Å². The van der Waals surface area contributed by atoms with Crippen LogP contribution in [0.15, 0.2) is 30.3 Å². The lowest BCUT2D eigenvalue weighted by atomic mass is 10.0. The largest absolute Gasteiger partial charge is 0.468 e. The molecule has 0 saturated carbocycles. The van der Waals surface area contributed by atoms with Crippen LogP contribution < -0.4 is 5.32 Å². The minimum atomic E-state index is -0.266. The first kappa shape index (κ1) is 13.7. The summed E-state index contributed by atoms with van der Waals surface area (Å²) in [6, 6.07) is 10.0. The van der Waals surface area contributed by atoms with Gasteiger partial charge in [-0.1, -0.05) is 37.3 Å². The molecule has 0 heterocycles. The van der Waals surface area contributed by atoms with Gasteiger partial charge in [0.15, 0.2) is 0 Å². The van der Waals surface area contributed by atoms with Crippen molar-refractivity contribution in [3.05, 3.63) is 35.9 Å². The molecule has 1 aromatic carbocycles. The van der Waals surface area contributed by atoms with Gasteiger partial charge in [-0.15, -0.1) is 0 Å². The molecule has 3 heteroatoms. The van der Waals surface area contributed by atoms with Crippen LogP contribution in [-0.2, 0) is 16.0 Å². The molecule has 0 radical (unpaired) electrons. The molecule has 0 aliphatic rings. The fraction of sp³-hybridized carbons (Fsp3) is 0.500. The summed E-state index contributed by atoms with van der Waals surface area (Å²) in [5.41, 5.74) is 1.14. The van der Waals surface area contributed by atoms with Gasteiger partial charge < -0.3 is 10.1 Å². The van der Waals surface area contributed by atoms with E-state index in [2.05, 4.69) is 19.2 Å². The van der Waals surface area contributed by atoms with Gasteiger partial charge in [0, 0.05) is 6.04 Å². The minimum Gasteiger partial charge on any atom is -0.468 e. The van der Waals surface area contributed by atoms with Crippen LogP contribution in [0.5, 0.6) is 0 Å². The second-order valence-electron chi connectivity index (χ2n) is 4.24. The highest BCUT2D eigenvalue weighted by Gasteiger charge is 2.20. The molecule has 0 bridgehead atoms. The van der Waals surface area contributed by atoms with E-state index in [0.717, 1.165) is 12.0 Å². The molecule has 0 aromatic heterocycles. The van der Waals surface area contributed by atoms with Crippen LogP contribution in [-0.4, -0.2) is 25.2 Å². The predicted octanol–water partition coefficient (Wildman–Crippen LogP) is 2.16. The molecule has 1 N–H and O–H groups in total. The summed E-state index contributed by atoms with van der Waals surface area (Å²) in [6.45, 7) is 4.16. The summed E-state index contributed by atoms with van der Waals surface area (Å²) in [4.78, 5) is 11.7. The molecule has 94 valence electrons. The number of carbonyl (C=O) groups excluding carboxylic acids is 1. The van der Waals surface area contributed by atoms with E-state index in [4.69, 9.17) is 4.74 Å². The minimum absolute atomic E-state index is 0.200. The number of rotatable bonds is 6. The molecule has 3 nitrogen and oxygen atoms in total. The van der Waals surface area contributed by atoms with Gasteiger partial charge in [-0.3, -0.25) is 4.79 Å². The van der Waals surface area contributed by atoms with Gasteiger partial charge >= 0.3 is 5.97 Å². The molecule has 0 saturated heterocycles. The Labute approximate surface area is 103 Å². The Morgan fingerprint density at radius 3 is 2.53 bits per heavy atom. The van der Waals surface area contributed by atoms with Crippen LogP contribution in [0.4, 0.5) is 0 Å². The summed E-state index contributed by atoms with van der Waals surface area (Å²) in [5, 5.41) is 3.29. The van der Waals surface area contributed by atoms with Gasteiger partial charge in [-0.2, -0.15) is 0 Å². The van der Waals surface area contributed by atoms with E-state index in [1.165, 1.54) is 7.11 Å². The van der Waals surface area contributed by atoms with Crippen molar-refractivity contribution in [2.45, 2.75) is 38.8 Å². The highest BCUT2D eigenvalue weighted by molar-refractivity contribution is 5.76. The van der Waals surface area contributed by atoms with Gasteiger partial charge in [0.05, 0.1) is 7.11 Å². The third-order valence-corrected chi connectivity index (χ3v) is 2.87. The van der Waals surface area contributed by atoms with Crippen molar-refractivity contribution in [1.29, 1.82) is 0 Å². The number of carbonyl (C=O) groups is 1. The molecule has 1 aromatic rings. The van der Waals surface area contributed by atoms with Crippen molar-refractivity contribution < 1.29 is 9.53 Å².